The maximum absolute atomic E-state index is 12.5. The van der Waals surface area contributed by atoms with E-state index in [2.05, 4.69) is 38.5 Å². The van der Waals surface area contributed by atoms with E-state index in [4.69, 9.17) is 5.11 Å². The fourth-order valence-electron chi connectivity index (χ4n) is 2.42. The number of carboxylic acids is 1. The SMILES string of the molecule is O=C(O)CC1CCN(C(=O)c2cc(I)ccc2Br)CC1. The van der Waals surface area contributed by atoms with Crippen LogP contribution in [0.2, 0.25) is 0 Å². The molecule has 1 heterocycles. The molecule has 108 valence electrons. The highest BCUT2D eigenvalue weighted by molar-refractivity contribution is 14.1. The third-order valence-corrected chi connectivity index (χ3v) is 4.89. The van der Waals surface area contributed by atoms with Gasteiger partial charge in [0.2, 0.25) is 0 Å². The zero-order chi connectivity index (χ0) is 14.7. The van der Waals surface area contributed by atoms with Gasteiger partial charge in [-0.25, -0.2) is 0 Å². The van der Waals surface area contributed by atoms with E-state index in [1.54, 1.807) is 0 Å². The van der Waals surface area contributed by atoms with E-state index in [-0.39, 0.29) is 18.2 Å². The number of likely N-dealkylation sites (tertiary alicyclic amines) is 1. The van der Waals surface area contributed by atoms with Crippen LogP contribution in [0.15, 0.2) is 22.7 Å². The minimum Gasteiger partial charge on any atom is -0.481 e. The van der Waals surface area contributed by atoms with Crippen molar-refractivity contribution in [2.45, 2.75) is 19.3 Å². The number of hydrogen-bond donors (Lipinski definition) is 1. The lowest BCUT2D eigenvalue weighted by Gasteiger charge is -2.31. The number of carbonyl (C=O) groups excluding carboxylic acids is 1. The number of carbonyl (C=O) groups is 2. The molecular weight excluding hydrogens is 437 g/mol. The first-order valence-corrected chi connectivity index (χ1v) is 8.30. The zero-order valence-corrected chi connectivity index (χ0v) is 14.6. The van der Waals surface area contributed by atoms with Gasteiger partial charge in [0.15, 0.2) is 0 Å². The van der Waals surface area contributed by atoms with Gasteiger partial charge in [0, 0.05) is 27.6 Å². The van der Waals surface area contributed by atoms with Crippen molar-refractivity contribution in [3.63, 3.8) is 0 Å². The first-order valence-electron chi connectivity index (χ1n) is 6.43. The van der Waals surface area contributed by atoms with Crippen LogP contribution >= 0.6 is 38.5 Å². The summed E-state index contributed by atoms with van der Waals surface area (Å²) in [5, 5.41) is 8.80. The van der Waals surface area contributed by atoms with Crippen molar-refractivity contribution in [2.24, 2.45) is 5.92 Å². The van der Waals surface area contributed by atoms with E-state index in [0.717, 1.165) is 20.9 Å². The van der Waals surface area contributed by atoms with Crippen molar-refractivity contribution in [1.29, 1.82) is 0 Å². The predicted octanol–water partition coefficient (Wildman–Crippen LogP) is 3.38. The van der Waals surface area contributed by atoms with E-state index in [0.29, 0.717) is 18.7 Å². The number of nitrogens with zero attached hydrogens (tertiary/aromatic N) is 1. The van der Waals surface area contributed by atoms with Crippen LogP contribution in [0.25, 0.3) is 0 Å². The highest BCUT2D eigenvalue weighted by atomic mass is 127. The monoisotopic (exact) mass is 451 g/mol. The van der Waals surface area contributed by atoms with E-state index in [1.807, 2.05) is 23.1 Å². The Morgan fingerprint density at radius 1 is 1.35 bits per heavy atom. The van der Waals surface area contributed by atoms with Gasteiger partial charge >= 0.3 is 5.97 Å². The van der Waals surface area contributed by atoms with Crippen molar-refractivity contribution >= 4 is 50.4 Å². The van der Waals surface area contributed by atoms with Crippen molar-refractivity contribution in [1.82, 2.24) is 4.90 Å². The Hall–Kier alpha value is -0.630. The maximum Gasteiger partial charge on any atom is 0.303 e. The first-order chi connectivity index (χ1) is 9.47. The molecule has 6 heteroatoms. The lowest BCUT2D eigenvalue weighted by Crippen LogP contribution is -2.39. The number of hydrogen-bond acceptors (Lipinski definition) is 2. The van der Waals surface area contributed by atoms with Crippen LogP contribution in [0.3, 0.4) is 0 Å². The van der Waals surface area contributed by atoms with Gasteiger partial charge in [-0.05, 0) is 75.5 Å². The molecule has 1 N–H and O–H groups in total. The Kier molecular flexibility index (Phi) is 5.42. The second-order valence-corrected chi connectivity index (χ2v) is 7.06. The number of aliphatic carboxylic acids is 1. The molecule has 2 rings (SSSR count). The summed E-state index contributed by atoms with van der Waals surface area (Å²) in [6.07, 6.45) is 1.73. The van der Waals surface area contributed by atoms with Gasteiger partial charge in [-0.15, -0.1) is 0 Å². The predicted molar refractivity (Wildman–Crippen MR) is 87.7 cm³/mol. The molecule has 0 spiro atoms. The minimum absolute atomic E-state index is 0.0177. The number of halogens is 2. The molecule has 1 aromatic carbocycles. The van der Waals surface area contributed by atoms with Gasteiger partial charge in [-0.2, -0.15) is 0 Å². The lowest BCUT2D eigenvalue weighted by molar-refractivity contribution is -0.138. The largest absolute Gasteiger partial charge is 0.481 e. The lowest BCUT2D eigenvalue weighted by atomic mass is 9.93. The molecule has 0 saturated carbocycles. The van der Waals surface area contributed by atoms with Crippen molar-refractivity contribution in [2.75, 3.05) is 13.1 Å². The summed E-state index contributed by atoms with van der Waals surface area (Å²) in [5.41, 5.74) is 0.675. The summed E-state index contributed by atoms with van der Waals surface area (Å²) in [6.45, 7) is 1.27. The standard InChI is InChI=1S/C14H15BrINO3/c15-12-2-1-10(16)8-11(12)14(20)17-5-3-9(4-6-17)7-13(18)19/h1-2,8-9H,3-7H2,(H,18,19). The summed E-state index contributed by atoms with van der Waals surface area (Å²) in [6, 6.07) is 5.70. The maximum atomic E-state index is 12.5. The Bertz CT molecular complexity index is 527. The molecule has 1 saturated heterocycles. The normalized spacial score (nSPS) is 16.2. The topological polar surface area (TPSA) is 57.6 Å². The molecule has 0 unspecified atom stereocenters. The Labute approximate surface area is 139 Å². The molecule has 0 bridgehead atoms. The third kappa shape index (κ3) is 3.94. The number of piperidine rings is 1. The van der Waals surface area contributed by atoms with Crippen LogP contribution in [-0.4, -0.2) is 35.0 Å². The Morgan fingerprint density at radius 2 is 2.00 bits per heavy atom. The van der Waals surface area contributed by atoms with Crippen molar-refractivity contribution in [3.05, 3.63) is 31.8 Å². The summed E-state index contributed by atoms with van der Waals surface area (Å²) in [4.78, 5) is 25.0. The summed E-state index contributed by atoms with van der Waals surface area (Å²) >= 11 is 5.60. The molecule has 0 radical (unpaired) electrons. The molecule has 0 atom stereocenters. The molecule has 1 amide bonds. The van der Waals surface area contributed by atoms with Crippen molar-refractivity contribution in [3.8, 4) is 0 Å². The van der Waals surface area contributed by atoms with Gasteiger partial charge < -0.3 is 10.0 Å². The second kappa shape index (κ2) is 6.89. The van der Waals surface area contributed by atoms with Gasteiger partial charge in [0.25, 0.3) is 5.91 Å². The molecule has 4 nitrogen and oxygen atoms in total. The first kappa shape index (κ1) is 15.8. The zero-order valence-electron chi connectivity index (χ0n) is 10.8. The summed E-state index contributed by atoms with van der Waals surface area (Å²) in [5.74, 6) is -0.546. The Morgan fingerprint density at radius 3 is 2.60 bits per heavy atom. The average molecular weight is 452 g/mol. The molecule has 1 aliphatic rings. The third-order valence-electron chi connectivity index (χ3n) is 3.52. The van der Waals surface area contributed by atoms with Gasteiger partial charge in [-0.3, -0.25) is 9.59 Å². The van der Waals surface area contributed by atoms with E-state index in [9.17, 15) is 9.59 Å². The number of carboxylic acid groups (broad SMARTS) is 1. The molecular formula is C14H15BrINO3. The smallest absolute Gasteiger partial charge is 0.303 e. The van der Waals surface area contributed by atoms with Crippen LogP contribution in [0.4, 0.5) is 0 Å². The number of benzene rings is 1. The van der Waals surface area contributed by atoms with Crippen LogP contribution in [-0.2, 0) is 4.79 Å². The molecule has 20 heavy (non-hydrogen) atoms. The molecule has 0 aromatic heterocycles. The number of amides is 1. The second-order valence-electron chi connectivity index (χ2n) is 4.96. The van der Waals surface area contributed by atoms with Crippen LogP contribution in [0.1, 0.15) is 29.6 Å². The molecule has 1 aromatic rings. The van der Waals surface area contributed by atoms with E-state index >= 15 is 0 Å². The van der Waals surface area contributed by atoms with E-state index in [1.165, 1.54) is 0 Å². The molecule has 0 aliphatic carbocycles. The highest BCUT2D eigenvalue weighted by Crippen LogP contribution is 2.25. The van der Waals surface area contributed by atoms with Crippen molar-refractivity contribution < 1.29 is 14.7 Å². The van der Waals surface area contributed by atoms with Gasteiger partial charge in [-0.1, -0.05) is 0 Å². The van der Waals surface area contributed by atoms with Gasteiger partial charge in [0.05, 0.1) is 5.56 Å². The van der Waals surface area contributed by atoms with Gasteiger partial charge in [0.1, 0.15) is 0 Å². The quantitative estimate of drug-likeness (QED) is 0.716. The Balaban J connectivity index is 2.01. The molecule has 1 fully saturated rings. The van der Waals surface area contributed by atoms with Crippen LogP contribution in [0.5, 0.6) is 0 Å². The number of rotatable bonds is 3. The van der Waals surface area contributed by atoms with E-state index < -0.39 is 5.97 Å². The summed E-state index contributed by atoms with van der Waals surface area (Å²) < 4.78 is 1.82. The fourth-order valence-corrected chi connectivity index (χ4v) is 3.33. The minimum atomic E-state index is -0.755. The van der Waals surface area contributed by atoms with Crippen LogP contribution < -0.4 is 0 Å². The van der Waals surface area contributed by atoms with Crippen LogP contribution in [0, 0.1) is 9.49 Å². The molecule has 1 aliphatic heterocycles. The fraction of sp³-hybridized carbons (Fsp3) is 0.429. The summed E-state index contributed by atoms with van der Waals surface area (Å²) in [7, 11) is 0. The highest BCUT2D eigenvalue weighted by Gasteiger charge is 2.25. The average Bonchev–Trinajstić information content (AvgIpc) is 2.41.